The number of nitrogens with two attached hydrogens (primary N) is 1. The Morgan fingerprint density at radius 1 is 1.44 bits per heavy atom. The summed E-state index contributed by atoms with van der Waals surface area (Å²) in [5.41, 5.74) is 10.2. The lowest BCUT2D eigenvalue weighted by Crippen LogP contribution is -1.93. The second-order valence-electron chi connectivity index (χ2n) is 3.42. The van der Waals surface area contributed by atoms with Crippen molar-refractivity contribution in [2.24, 2.45) is 0 Å². The first kappa shape index (κ1) is 12.4. The Balaban J connectivity index is 0.000000386. The molecular weight excluding hydrogens is 224 g/mol. The fourth-order valence-electron chi connectivity index (χ4n) is 1.51. The second kappa shape index (κ2) is 4.94. The summed E-state index contributed by atoms with van der Waals surface area (Å²) in [6.07, 6.45) is 0. The standard InChI is InChI=1S/C10H12N2S.CH2O2/c1-5-4-8-10(6(2)9(5)11)13-7(3)12-8;2-1-3/h4H,11H2,1-3H3;1H,(H,2,3). The van der Waals surface area contributed by atoms with Crippen LogP contribution < -0.4 is 5.73 Å². The molecule has 0 spiro atoms. The van der Waals surface area contributed by atoms with Crippen LogP contribution in [0.5, 0.6) is 0 Å². The van der Waals surface area contributed by atoms with Crippen LogP contribution in [0.2, 0.25) is 0 Å². The van der Waals surface area contributed by atoms with Gasteiger partial charge >= 0.3 is 0 Å². The van der Waals surface area contributed by atoms with Crippen LogP contribution in [0.1, 0.15) is 16.1 Å². The maximum atomic E-state index is 8.36. The highest BCUT2D eigenvalue weighted by molar-refractivity contribution is 7.18. The van der Waals surface area contributed by atoms with Crippen LogP contribution in [0.15, 0.2) is 6.07 Å². The van der Waals surface area contributed by atoms with Crippen molar-refractivity contribution in [3.63, 3.8) is 0 Å². The zero-order valence-electron chi connectivity index (χ0n) is 9.44. The van der Waals surface area contributed by atoms with Gasteiger partial charge in [0.05, 0.1) is 15.2 Å². The number of fused-ring (bicyclic) bond motifs is 1. The predicted molar refractivity (Wildman–Crippen MR) is 66.9 cm³/mol. The highest BCUT2D eigenvalue weighted by atomic mass is 32.1. The molecule has 1 heterocycles. The number of carbonyl (C=O) groups is 1. The number of nitrogens with zero attached hydrogens (tertiary/aromatic N) is 1. The molecule has 0 radical (unpaired) electrons. The van der Waals surface area contributed by atoms with Crippen LogP contribution in [-0.4, -0.2) is 16.6 Å². The molecule has 0 aliphatic heterocycles. The van der Waals surface area contributed by atoms with Gasteiger partial charge in [-0.1, -0.05) is 0 Å². The molecule has 4 nitrogen and oxygen atoms in total. The molecule has 16 heavy (non-hydrogen) atoms. The van der Waals surface area contributed by atoms with E-state index in [0.29, 0.717) is 0 Å². The number of carboxylic acid groups (broad SMARTS) is 1. The van der Waals surface area contributed by atoms with E-state index in [1.54, 1.807) is 11.3 Å². The zero-order valence-corrected chi connectivity index (χ0v) is 10.3. The summed E-state index contributed by atoms with van der Waals surface area (Å²) in [6.45, 7) is 5.86. The predicted octanol–water partition coefficient (Wildman–Crippen LogP) is 2.50. The number of benzene rings is 1. The third kappa shape index (κ3) is 2.30. The largest absolute Gasteiger partial charge is 0.483 e. The third-order valence-electron chi connectivity index (χ3n) is 2.28. The minimum Gasteiger partial charge on any atom is -0.483 e. The molecule has 0 saturated heterocycles. The molecule has 0 aliphatic carbocycles. The molecule has 0 bridgehead atoms. The number of aryl methyl sites for hydroxylation is 3. The molecule has 0 fully saturated rings. The average Bonchev–Trinajstić information content (AvgIpc) is 2.57. The van der Waals surface area contributed by atoms with Gasteiger partial charge in [-0.15, -0.1) is 11.3 Å². The van der Waals surface area contributed by atoms with E-state index in [1.807, 2.05) is 13.8 Å². The number of hydrogen-bond acceptors (Lipinski definition) is 4. The summed E-state index contributed by atoms with van der Waals surface area (Å²) < 4.78 is 1.22. The molecule has 86 valence electrons. The van der Waals surface area contributed by atoms with Crippen LogP contribution in [-0.2, 0) is 4.79 Å². The average molecular weight is 238 g/mol. The van der Waals surface area contributed by atoms with Gasteiger partial charge in [-0.05, 0) is 38.0 Å². The van der Waals surface area contributed by atoms with Gasteiger partial charge in [0.25, 0.3) is 6.47 Å². The highest BCUT2D eigenvalue weighted by Gasteiger charge is 2.07. The molecule has 2 rings (SSSR count). The van der Waals surface area contributed by atoms with Crippen LogP contribution in [0.25, 0.3) is 10.2 Å². The Hall–Kier alpha value is -1.62. The van der Waals surface area contributed by atoms with E-state index in [4.69, 9.17) is 15.6 Å². The minimum absolute atomic E-state index is 0.250. The maximum Gasteiger partial charge on any atom is 0.290 e. The second-order valence-corrected chi connectivity index (χ2v) is 4.62. The van der Waals surface area contributed by atoms with E-state index in [0.717, 1.165) is 21.8 Å². The molecule has 1 aromatic heterocycles. The molecular formula is C11H14N2O2S. The lowest BCUT2D eigenvalue weighted by Gasteiger charge is -2.03. The van der Waals surface area contributed by atoms with Gasteiger partial charge in [0.1, 0.15) is 0 Å². The number of aromatic nitrogens is 1. The maximum absolute atomic E-state index is 8.36. The topological polar surface area (TPSA) is 76.2 Å². The molecule has 1 aromatic carbocycles. The molecule has 0 saturated carbocycles. The lowest BCUT2D eigenvalue weighted by molar-refractivity contribution is -0.122. The third-order valence-corrected chi connectivity index (χ3v) is 3.39. The fraction of sp³-hybridized carbons (Fsp3) is 0.273. The summed E-state index contributed by atoms with van der Waals surface area (Å²) in [7, 11) is 0. The lowest BCUT2D eigenvalue weighted by atomic mass is 10.1. The Kier molecular flexibility index (Phi) is 3.84. The summed E-state index contributed by atoms with van der Waals surface area (Å²) in [6, 6.07) is 2.06. The van der Waals surface area contributed by atoms with Crippen molar-refractivity contribution < 1.29 is 9.90 Å². The first-order chi connectivity index (χ1) is 7.51. The Morgan fingerprint density at radius 3 is 2.56 bits per heavy atom. The summed E-state index contributed by atoms with van der Waals surface area (Å²) in [4.78, 5) is 12.8. The monoisotopic (exact) mass is 238 g/mol. The zero-order chi connectivity index (χ0) is 12.3. The van der Waals surface area contributed by atoms with Crippen molar-refractivity contribution in [2.45, 2.75) is 20.8 Å². The molecule has 0 amide bonds. The van der Waals surface area contributed by atoms with Gasteiger partial charge in [-0.3, -0.25) is 4.79 Å². The van der Waals surface area contributed by atoms with Gasteiger partial charge in [-0.25, -0.2) is 4.98 Å². The van der Waals surface area contributed by atoms with E-state index in [9.17, 15) is 0 Å². The van der Waals surface area contributed by atoms with Crippen molar-refractivity contribution >= 4 is 33.7 Å². The number of thiazole rings is 1. The number of anilines is 1. The first-order valence-electron chi connectivity index (χ1n) is 4.72. The van der Waals surface area contributed by atoms with Gasteiger partial charge < -0.3 is 10.8 Å². The first-order valence-corrected chi connectivity index (χ1v) is 5.53. The minimum atomic E-state index is -0.250. The smallest absolute Gasteiger partial charge is 0.290 e. The quantitative estimate of drug-likeness (QED) is 0.546. The number of hydrogen-bond donors (Lipinski definition) is 2. The van der Waals surface area contributed by atoms with E-state index < -0.39 is 0 Å². The van der Waals surface area contributed by atoms with Crippen molar-refractivity contribution in [2.75, 3.05) is 5.73 Å². The Labute approximate surface area is 97.7 Å². The van der Waals surface area contributed by atoms with Crippen LogP contribution in [0.4, 0.5) is 5.69 Å². The SMILES string of the molecule is Cc1nc2cc(C)c(N)c(C)c2s1.O=CO. The van der Waals surface area contributed by atoms with Crippen molar-refractivity contribution in [3.8, 4) is 0 Å². The molecule has 0 atom stereocenters. The number of rotatable bonds is 0. The summed E-state index contributed by atoms with van der Waals surface area (Å²) >= 11 is 1.71. The highest BCUT2D eigenvalue weighted by Crippen LogP contribution is 2.30. The summed E-state index contributed by atoms with van der Waals surface area (Å²) in [5.74, 6) is 0. The normalized spacial score (nSPS) is 9.69. The summed E-state index contributed by atoms with van der Waals surface area (Å²) in [5, 5.41) is 7.99. The van der Waals surface area contributed by atoms with E-state index in [2.05, 4.69) is 18.0 Å². The Bertz CT molecular complexity index is 520. The molecule has 0 aliphatic rings. The van der Waals surface area contributed by atoms with Gasteiger partial charge in [0, 0.05) is 5.69 Å². The molecule has 2 aromatic rings. The van der Waals surface area contributed by atoms with Gasteiger partial charge in [0.15, 0.2) is 0 Å². The Morgan fingerprint density at radius 2 is 2.00 bits per heavy atom. The van der Waals surface area contributed by atoms with E-state index in [1.165, 1.54) is 10.3 Å². The van der Waals surface area contributed by atoms with E-state index in [-0.39, 0.29) is 6.47 Å². The van der Waals surface area contributed by atoms with Gasteiger partial charge in [0.2, 0.25) is 0 Å². The van der Waals surface area contributed by atoms with Crippen molar-refractivity contribution in [1.82, 2.24) is 4.98 Å². The van der Waals surface area contributed by atoms with Crippen molar-refractivity contribution in [1.29, 1.82) is 0 Å². The van der Waals surface area contributed by atoms with Crippen LogP contribution in [0, 0.1) is 20.8 Å². The van der Waals surface area contributed by atoms with Crippen molar-refractivity contribution in [3.05, 3.63) is 22.2 Å². The van der Waals surface area contributed by atoms with Gasteiger partial charge in [-0.2, -0.15) is 0 Å². The molecule has 3 N–H and O–H groups in total. The van der Waals surface area contributed by atoms with Crippen LogP contribution in [0.3, 0.4) is 0 Å². The molecule has 0 unspecified atom stereocenters. The van der Waals surface area contributed by atoms with E-state index >= 15 is 0 Å². The van der Waals surface area contributed by atoms with Crippen LogP contribution >= 0.6 is 11.3 Å². The fourth-order valence-corrected chi connectivity index (χ4v) is 2.42. The number of nitrogen functional groups attached to an aromatic ring is 1. The molecule has 5 heteroatoms.